The summed E-state index contributed by atoms with van der Waals surface area (Å²) in [6.07, 6.45) is 1.19. The van der Waals surface area contributed by atoms with Crippen LogP contribution in [0.5, 0.6) is 5.75 Å². The van der Waals surface area contributed by atoms with Crippen LogP contribution in [0.2, 0.25) is 0 Å². The average molecular weight is 577 g/mol. The number of ether oxygens (including phenoxy) is 1. The molecule has 3 aromatic rings. The Morgan fingerprint density at radius 2 is 1.68 bits per heavy atom. The van der Waals surface area contributed by atoms with Crippen LogP contribution in [0.4, 0.5) is 11.4 Å². The van der Waals surface area contributed by atoms with E-state index in [1.165, 1.54) is 38.4 Å². The van der Waals surface area contributed by atoms with E-state index in [2.05, 4.69) is 19.5 Å². The van der Waals surface area contributed by atoms with E-state index >= 15 is 0 Å². The lowest BCUT2D eigenvalue weighted by Crippen LogP contribution is -2.16. The highest BCUT2D eigenvalue weighted by atomic mass is 32.3. The van der Waals surface area contributed by atoms with Gasteiger partial charge in [-0.25, -0.2) is 17.3 Å². The van der Waals surface area contributed by atoms with Crippen molar-refractivity contribution in [1.82, 2.24) is 9.78 Å². The first-order valence-corrected chi connectivity index (χ1v) is 14.4. The summed E-state index contributed by atoms with van der Waals surface area (Å²) in [6, 6.07) is 7.42. The molecule has 3 rings (SSSR count). The molecule has 0 amide bonds. The number of benzene rings is 2. The quantitative estimate of drug-likeness (QED) is 0.233. The number of rotatable bonds is 10. The first-order valence-electron chi connectivity index (χ1n) is 9.96. The van der Waals surface area contributed by atoms with Crippen LogP contribution >= 0.6 is 0 Å². The van der Waals surface area contributed by atoms with Gasteiger partial charge >= 0.3 is 10.4 Å². The number of H-pyrrole nitrogens is 1. The molecule has 37 heavy (non-hydrogen) atoms. The summed E-state index contributed by atoms with van der Waals surface area (Å²) in [5.41, 5.74) is -0.521. The van der Waals surface area contributed by atoms with Gasteiger partial charge in [0, 0.05) is 6.07 Å². The topological polar surface area (TPSA) is 224 Å². The summed E-state index contributed by atoms with van der Waals surface area (Å²) in [4.78, 5) is 12.1. The molecule has 0 saturated heterocycles. The number of aromatic nitrogens is 2. The number of sulfone groups is 1. The molecule has 3 N–H and O–H groups in total. The minimum Gasteiger partial charge on any atom is -0.494 e. The molecule has 0 atom stereocenters. The molecule has 0 bridgehead atoms. The van der Waals surface area contributed by atoms with E-state index in [0.717, 1.165) is 22.9 Å². The van der Waals surface area contributed by atoms with Gasteiger partial charge in [0.1, 0.15) is 11.4 Å². The summed E-state index contributed by atoms with van der Waals surface area (Å²) >= 11 is 0. The van der Waals surface area contributed by atoms with Gasteiger partial charge < -0.3 is 4.74 Å². The van der Waals surface area contributed by atoms with Gasteiger partial charge in [0.25, 0.3) is 15.7 Å². The normalized spacial score (nSPS) is 12.8. The molecule has 15 nitrogen and oxygen atoms in total. The summed E-state index contributed by atoms with van der Waals surface area (Å²) < 4.78 is 97.2. The fourth-order valence-corrected chi connectivity index (χ4v) is 5.38. The van der Waals surface area contributed by atoms with E-state index in [0.29, 0.717) is 0 Å². The SMILES string of the molecule is COc1cc(S(=O)(=O)CCOS(=O)(=O)O)c(C)cc1N=Nc1c[nH]n(-c2cccc(S(=O)(=O)O)c2)c1=O. The predicted octanol–water partition coefficient (Wildman–Crippen LogP) is 1.74. The maximum atomic E-state index is 12.7. The van der Waals surface area contributed by atoms with E-state index < -0.39 is 53.2 Å². The second kappa shape index (κ2) is 10.5. The molecule has 0 radical (unpaired) electrons. The first kappa shape index (κ1) is 28.2. The van der Waals surface area contributed by atoms with Crippen molar-refractivity contribution >= 4 is 41.7 Å². The van der Waals surface area contributed by atoms with Crippen LogP contribution in [0.25, 0.3) is 5.69 Å². The smallest absolute Gasteiger partial charge is 0.397 e. The molecule has 0 saturated carbocycles. The van der Waals surface area contributed by atoms with Gasteiger partial charge in [-0.2, -0.15) is 16.8 Å². The van der Waals surface area contributed by atoms with Crippen LogP contribution in [0, 0.1) is 6.92 Å². The van der Waals surface area contributed by atoms with E-state index in [4.69, 9.17) is 9.29 Å². The van der Waals surface area contributed by atoms with Gasteiger partial charge in [0.05, 0.1) is 41.1 Å². The van der Waals surface area contributed by atoms with Gasteiger partial charge in [0.2, 0.25) is 0 Å². The van der Waals surface area contributed by atoms with E-state index in [1.807, 2.05) is 0 Å². The van der Waals surface area contributed by atoms with Gasteiger partial charge in [0.15, 0.2) is 15.5 Å². The lowest BCUT2D eigenvalue weighted by molar-refractivity contribution is 0.284. The summed E-state index contributed by atoms with van der Waals surface area (Å²) in [6.45, 7) is 0.637. The Kier molecular flexibility index (Phi) is 8.00. The number of aromatic amines is 1. The van der Waals surface area contributed by atoms with E-state index in [9.17, 15) is 34.6 Å². The Morgan fingerprint density at radius 3 is 2.30 bits per heavy atom. The summed E-state index contributed by atoms with van der Waals surface area (Å²) in [5.74, 6) is -0.778. The molecule has 0 fully saturated rings. The third-order valence-corrected chi connectivity index (χ3v) is 7.92. The van der Waals surface area contributed by atoms with Gasteiger partial charge in [-0.3, -0.25) is 19.0 Å². The van der Waals surface area contributed by atoms with Gasteiger partial charge in [-0.15, -0.1) is 10.2 Å². The second-order valence-electron chi connectivity index (χ2n) is 7.33. The summed E-state index contributed by atoms with van der Waals surface area (Å²) in [5, 5.41) is 10.4. The monoisotopic (exact) mass is 576 g/mol. The standard InChI is InChI=1S/C19H20N4O11S3/c1-12-8-15(17(33-2)10-18(12)35(25,26)7-6-34-37(30,31)32)21-22-16-11-20-23(19(16)24)13-4-3-5-14(9-13)36(27,28)29/h3-5,8-11,20H,6-7H2,1-2H3,(H,27,28,29)(H,30,31,32). The molecule has 1 heterocycles. The van der Waals surface area contributed by atoms with Gasteiger partial charge in [-0.1, -0.05) is 6.07 Å². The molecule has 2 aromatic carbocycles. The zero-order chi connectivity index (χ0) is 27.6. The first-order chi connectivity index (χ1) is 17.1. The number of hydrogen-bond donors (Lipinski definition) is 3. The van der Waals surface area contributed by atoms with Crippen molar-refractivity contribution < 1.29 is 43.3 Å². The molecule has 1 aromatic heterocycles. The Morgan fingerprint density at radius 1 is 1.00 bits per heavy atom. The van der Waals surface area contributed by atoms with Crippen molar-refractivity contribution in [3.63, 3.8) is 0 Å². The Balaban J connectivity index is 1.91. The molecule has 0 unspecified atom stereocenters. The number of hydrogen-bond acceptors (Lipinski definition) is 11. The second-order valence-corrected chi connectivity index (χ2v) is 11.9. The highest BCUT2D eigenvalue weighted by Gasteiger charge is 2.21. The number of nitrogens with zero attached hydrogens (tertiary/aromatic N) is 3. The minimum absolute atomic E-state index is 0.0275. The minimum atomic E-state index is -4.80. The molecule has 0 spiro atoms. The lowest BCUT2D eigenvalue weighted by Gasteiger charge is -2.11. The van der Waals surface area contributed by atoms with Crippen LogP contribution in [-0.2, 0) is 34.5 Å². The zero-order valence-corrected chi connectivity index (χ0v) is 21.5. The average Bonchev–Trinajstić information content (AvgIpc) is 3.16. The lowest BCUT2D eigenvalue weighted by atomic mass is 10.2. The van der Waals surface area contributed by atoms with Crippen molar-refractivity contribution in [3.8, 4) is 11.4 Å². The Bertz CT molecular complexity index is 1740. The Hall–Kier alpha value is -3.42. The highest BCUT2D eigenvalue weighted by Crippen LogP contribution is 2.34. The number of nitrogens with one attached hydrogen (secondary N) is 1. The van der Waals surface area contributed by atoms with Crippen LogP contribution in [0.1, 0.15) is 5.56 Å². The third kappa shape index (κ3) is 6.87. The largest absolute Gasteiger partial charge is 0.494 e. The molecular weight excluding hydrogens is 556 g/mol. The van der Waals surface area contributed by atoms with Crippen LogP contribution in [-0.4, -0.2) is 63.6 Å². The fraction of sp³-hybridized carbons (Fsp3) is 0.211. The van der Waals surface area contributed by atoms with Crippen molar-refractivity contribution in [2.75, 3.05) is 19.5 Å². The Labute approximate surface area is 211 Å². The third-order valence-electron chi connectivity index (χ3n) is 4.79. The highest BCUT2D eigenvalue weighted by molar-refractivity contribution is 7.91. The van der Waals surface area contributed by atoms with Crippen molar-refractivity contribution in [2.24, 2.45) is 10.2 Å². The molecule has 0 aliphatic rings. The zero-order valence-electron chi connectivity index (χ0n) is 19.1. The van der Waals surface area contributed by atoms with Gasteiger partial charge in [-0.05, 0) is 36.8 Å². The van der Waals surface area contributed by atoms with Crippen molar-refractivity contribution in [3.05, 3.63) is 58.5 Å². The molecule has 200 valence electrons. The number of methoxy groups -OCH3 is 1. The maximum absolute atomic E-state index is 12.7. The molecule has 0 aliphatic carbocycles. The van der Waals surface area contributed by atoms with Crippen LogP contribution in [0.15, 0.2) is 67.4 Å². The molecular formula is C19H20N4O11S3. The van der Waals surface area contributed by atoms with E-state index in [1.54, 1.807) is 0 Å². The van der Waals surface area contributed by atoms with Crippen molar-refractivity contribution in [2.45, 2.75) is 16.7 Å². The molecule has 0 aliphatic heterocycles. The number of azo groups is 1. The summed E-state index contributed by atoms with van der Waals surface area (Å²) in [7, 11) is -12.1. The van der Waals surface area contributed by atoms with Crippen LogP contribution < -0.4 is 10.3 Å². The van der Waals surface area contributed by atoms with E-state index in [-0.39, 0.29) is 33.3 Å². The number of aryl methyl sites for hydroxylation is 1. The van der Waals surface area contributed by atoms with Crippen LogP contribution in [0.3, 0.4) is 0 Å². The molecule has 18 heteroatoms. The predicted molar refractivity (Wildman–Crippen MR) is 128 cm³/mol. The van der Waals surface area contributed by atoms with Crippen molar-refractivity contribution in [1.29, 1.82) is 0 Å². The maximum Gasteiger partial charge on any atom is 0.397 e. The fourth-order valence-electron chi connectivity index (χ4n) is 3.10.